The second-order valence-electron chi connectivity index (χ2n) is 9.86. The van der Waals surface area contributed by atoms with Gasteiger partial charge in [-0.1, -0.05) is 12.1 Å². The normalized spacial score (nSPS) is 17.1. The SMILES string of the molecule is CCNc1cc(C(=O)N[C@@H](Cc2ccco2)[C@@H](O)CNCc2cccc(OC)c2)cc(N2CCCCS2(O)O)c1. The Labute approximate surface area is 237 Å². The molecule has 1 amide bonds. The van der Waals surface area contributed by atoms with Gasteiger partial charge in [0, 0.05) is 43.9 Å². The highest BCUT2D eigenvalue weighted by atomic mass is 32.3. The molecule has 10 nitrogen and oxygen atoms in total. The Balaban J connectivity index is 1.50. The Bertz CT molecular complexity index is 1240. The van der Waals surface area contributed by atoms with E-state index in [0.717, 1.165) is 24.2 Å². The van der Waals surface area contributed by atoms with Crippen LogP contribution in [0.4, 0.5) is 11.4 Å². The predicted molar refractivity (Wildman–Crippen MR) is 159 cm³/mol. The van der Waals surface area contributed by atoms with Crippen molar-refractivity contribution in [1.82, 2.24) is 10.6 Å². The minimum atomic E-state index is -2.95. The molecule has 0 aliphatic carbocycles. The molecule has 4 rings (SSSR count). The van der Waals surface area contributed by atoms with Gasteiger partial charge in [-0.3, -0.25) is 18.2 Å². The zero-order valence-electron chi connectivity index (χ0n) is 23.0. The number of aliphatic hydroxyl groups excluding tert-OH is 1. The second kappa shape index (κ2) is 13.9. The fourth-order valence-electron chi connectivity index (χ4n) is 4.77. The lowest BCUT2D eigenvalue weighted by atomic mass is 10.0. The summed E-state index contributed by atoms with van der Waals surface area (Å²) in [5.41, 5.74) is 2.64. The lowest BCUT2D eigenvalue weighted by molar-refractivity contribution is 0.0823. The van der Waals surface area contributed by atoms with E-state index in [1.54, 1.807) is 41.9 Å². The monoisotopic (exact) mass is 572 g/mol. The number of nitrogens with zero attached hydrogens (tertiary/aromatic N) is 1. The van der Waals surface area contributed by atoms with Crippen LogP contribution in [0, 0.1) is 0 Å². The fraction of sp³-hybridized carbons (Fsp3) is 0.414. The van der Waals surface area contributed by atoms with Crippen LogP contribution < -0.4 is 25.0 Å². The van der Waals surface area contributed by atoms with E-state index < -0.39 is 22.9 Å². The summed E-state index contributed by atoms with van der Waals surface area (Å²) in [6, 6.07) is 15.8. The topological polar surface area (TPSA) is 139 Å². The van der Waals surface area contributed by atoms with Gasteiger partial charge in [-0.2, -0.15) is 0 Å². The molecule has 1 saturated heterocycles. The highest BCUT2D eigenvalue weighted by Crippen LogP contribution is 2.50. The van der Waals surface area contributed by atoms with Crippen molar-refractivity contribution in [2.24, 2.45) is 0 Å². The average Bonchev–Trinajstić information content (AvgIpc) is 3.45. The second-order valence-corrected chi connectivity index (χ2v) is 12.0. The average molecular weight is 573 g/mol. The molecule has 3 aromatic rings. The van der Waals surface area contributed by atoms with Crippen LogP contribution in [0.3, 0.4) is 0 Å². The van der Waals surface area contributed by atoms with Gasteiger partial charge in [0.2, 0.25) is 0 Å². The number of anilines is 2. The Kier molecular flexibility index (Phi) is 10.3. The highest BCUT2D eigenvalue weighted by Gasteiger charge is 2.29. The van der Waals surface area contributed by atoms with E-state index in [1.807, 2.05) is 37.3 Å². The van der Waals surface area contributed by atoms with E-state index in [2.05, 4.69) is 16.0 Å². The molecule has 1 aliphatic heterocycles. The zero-order valence-corrected chi connectivity index (χ0v) is 23.8. The molecule has 0 bridgehead atoms. The van der Waals surface area contributed by atoms with Crippen molar-refractivity contribution in [3.8, 4) is 5.75 Å². The first kappa shape index (κ1) is 29.8. The smallest absolute Gasteiger partial charge is 0.251 e. The summed E-state index contributed by atoms with van der Waals surface area (Å²) in [6.07, 6.45) is 2.53. The number of benzene rings is 2. The summed E-state index contributed by atoms with van der Waals surface area (Å²) >= 11 is 0. The summed E-state index contributed by atoms with van der Waals surface area (Å²) in [6.45, 7) is 3.85. The number of carbonyl (C=O) groups is 1. The molecule has 11 heteroatoms. The number of aliphatic hydroxyl groups is 1. The van der Waals surface area contributed by atoms with Crippen molar-refractivity contribution < 1.29 is 28.2 Å². The standard InChI is InChI=1S/C29H40N4O6S/c1-3-31-23-15-22(16-24(17-23)33-11-4-5-13-40(33,36)37)29(35)32-27(18-26-10-7-12-39-26)28(34)20-30-19-21-8-6-9-25(14-21)38-2/h6-10,12,14-17,27-28,30-31,34,36-37H,3-5,11,13,18-20H2,1-2H3,(H,32,35)/t27-,28-/m0/s1. The number of amides is 1. The number of hydrogen-bond acceptors (Lipinski definition) is 9. The van der Waals surface area contributed by atoms with Crippen molar-refractivity contribution in [2.45, 2.75) is 44.9 Å². The molecule has 40 heavy (non-hydrogen) atoms. The molecule has 1 aromatic heterocycles. The van der Waals surface area contributed by atoms with E-state index in [9.17, 15) is 19.0 Å². The Hall–Kier alpha value is -3.22. The Morgan fingerprint density at radius 2 is 2.00 bits per heavy atom. The maximum absolute atomic E-state index is 13.6. The molecule has 2 aromatic carbocycles. The van der Waals surface area contributed by atoms with Gasteiger partial charge in [0.25, 0.3) is 5.91 Å². The van der Waals surface area contributed by atoms with Gasteiger partial charge in [-0.05, 0) is 67.8 Å². The van der Waals surface area contributed by atoms with Crippen LogP contribution in [0.15, 0.2) is 65.3 Å². The van der Waals surface area contributed by atoms with E-state index in [1.165, 1.54) is 0 Å². The summed E-state index contributed by atoms with van der Waals surface area (Å²) in [7, 11) is -1.34. The van der Waals surface area contributed by atoms with Crippen molar-refractivity contribution >= 4 is 28.1 Å². The third kappa shape index (κ3) is 7.92. The van der Waals surface area contributed by atoms with Gasteiger partial charge >= 0.3 is 0 Å². The van der Waals surface area contributed by atoms with Crippen molar-refractivity contribution in [3.05, 3.63) is 77.7 Å². The summed E-state index contributed by atoms with van der Waals surface area (Å²) < 4.78 is 33.7. The van der Waals surface area contributed by atoms with Gasteiger partial charge in [-0.25, -0.2) is 0 Å². The zero-order chi connectivity index (χ0) is 28.5. The highest BCUT2D eigenvalue weighted by molar-refractivity contribution is 8.25. The van der Waals surface area contributed by atoms with Gasteiger partial charge in [0.1, 0.15) is 11.5 Å². The predicted octanol–water partition coefficient (Wildman–Crippen LogP) is 4.48. The molecule has 218 valence electrons. The molecular weight excluding hydrogens is 532 g/mol. The lowest BCUT2D eigenvalue weighted by Crippen LogP contribution is -2.48. The summed E-state index contributed by atoms with van der Waals surface area (Å²) in [4.78, 5) is 13.6. The van der Waals surface area contributed by atoms with Gasteiger partial charge in [-0.15, -0.1) is 10.8 Å². The molecule has 2 atom stereocenters. The van der Waals surface area contributed by atoms with Crippen LogP contribution >= 0.6 is 10.8 Å². The van der Waals surface area contributed by atoms with Gasteiger partial charge in [0.15, 0.2) is 0 Å². The summed E-state index contributed by atoms with van der Waals surface area (Å²) in [5, 5.41) is 20.6. The molecule has 0 radical (unpaired) electrons. The molecule has 1 aliphatic rings. The maximum Gasteiger partial charge on any atom is 0.251 e. The molecule has 1 fully saturated rings. The third-order valence-electron chi connectivity index (χ3n) is 6.83. The van der Waals surface area contributed by atoms with Crippen LogP contribution in [0.5, 0.6) is 5.75 Å². The number of nitrogens with one attached hydrogen (secondary N) is 3. The Morgan fingerprint density at radius 1 is 1.15 bits per heavy atom. The van der Waals surface area contributed by atoms with Crippen molar-refractivity contribution in [2.75, 3.05) is 42.1 Å². The van der Waals surface area contributed by atoms with Crippen LogP contribution in [0.2, 0.25) is 0 Å². The van der Waals surface area contributed by atoms with E-state index in [-0.39, 0.29) is 12.5 Å². The molecule has 2 heterocycles. The van der Waals surface area contributed by atoms with Crippen LogP contribution in [-0.4, -0.2) is 64.8 Å². The number of ether oxygens (including phenoxy) is 1. The van der Waals surface area contributed by atoms with E-state index in [0.29, 0.717) is 54.5 Å². The number of carbonyl (C=O) groups excluding carboxylic acids is 1. The fourth-order valence-corrected chi connectivity index (χ4v) is 6.44. The molecule has 0 saturated carbocycles. The minimum absolute atomic E-state index is 0.236. The van der Waals surface area contributed by atoms with Crippen LogP contribution in [0.25, 0.3) is 0 Å². The van der Waals surface area contributed by atoms with Crippen LogP contribution in [-0.2, 0) is 13.0 Å². The molecular formula is C29H40N4O6S. The minimum Gasteiger partial charge on any atom is -0.497 e. The number of hydrogen-bond donors (Lipinski definition) is 6. The number of furan rings is 1. The first-order valence-corrected chi connectivity index (χ1v) is 15.2. The molecule has 0 spiro atoms. The Morgan fingerprint density at radius 3 is 2.73 bits per heavy atom. The third-order valence-corrected chi connectivity index (χ3v) is 8.77. The molecule has 0 unspecified atom stereocenters. The van der Waals surface area contributed by atoms with E-state index in [4.69, 9.17) is 9.15 Å². The largest absolute Gasteiger partial charge is 0.497 e. The first-order valence-electron chi connectivity index (χ1n) is 13.6. The van der Waals surface area contributed by atoms with Crippen molar-refractivity contribution in [1.29, 1.82) is 0 Å². The first-order chi connectivity index (χ1) is 19.3. The summed E-state index contributed by atoms with van der Waals surface area (Å²) in [5.74, 6) is 1.33. The van der Waals surface area contributed by atoms with Gasteiger partial charge < -0.3 is 30.2 Å². The number of methoxy groups -OCH3 is 1. The number of rotatable bonds is 13. The quantitative estimate of drug-likeness (QED) is 0.175. The molecule has 6 N–H and O–H groups in total. The van der Waals surface area contributed by atoms with Gasteiger partial charge in [0.05, 0.1) is 37.0 Å². The van der Waals surface area contributed by atoms with Crippen molar-refractivity contribution in [3.63, 3.8) is 0 Å². The maximum atomic E-state index is 13.6. The lowest BCUT2D eigenvalue weighted by Gasteiger charge is -2.47. The van der Waals surface area contributed by atoms with E-state index >= 15 is 0 Å². The van der Waals surface area contributed by atoms with Crippen LogP contribution in [0.1, 0.15) is 41.4 Å².